The Bertz CT molecular complexity index is 894. The van der Waals surface area contributed by atoms with Crippen LogP contribution in [0.3, 0.4) is 0 Å². The second-order valence-electron chi connectivity index (χ2n) is 9.07. The topological polar surface area (TPSA) is 40.6 Å². The van der Waals surface area contributed by atoms with Crippen LogP contribution in [0.15, 0.2) is 48.5 Å². The molecule has 4 nitrogen and oxygen atoms in total. The summed E-state index contributed by atoms with van der Waals surface area (Å²) in [4.78, 5) is 29.6. The van der Waals surface area contributed by atoms with Crippen molar-refractivity contribution in [1.29, 1.82) is 0 Å². The number of rotatable bonds is 5. The number of amides is 2. The predicted octanol–water partition coefficient (Wildman–Crippen LogP) is 4.42. The van der Waals surface area contributed by atoms with Crippen LogP contribution in [0.1, 0.15) is 54.4 Å². The van der Waals surface area contributed by atoms with E-state index in [9.17, 15) is 9.59 Å². The normalized spacial score (nSPS) is 18.3. The van der Waals surface area contributed by atoms with E-state index in [-0.39, 0.29) is 17.4 Å². The summed E-state index contributed by atoms with van der Waals surface area (Å²) in [7, 11) is 0. The summed E-state index contributed by atoms with van der Waals surface area (Å²) in [6.45, 7) is 6.40. The van der Waals surface area contributed by atoms with Gasteiger partial charge in [0.2, 0.25) is 11.8 Å². The van der Waals surface area contributed by atoms with Crippen molar-refractivity contribution in [3.8, 4) is 0 Å². The van der Waals surface area contributed by atoms with Crippen molar-refractivity contribution < 1.29 is 9.59 Å². The van der Waals surface area contributed by atoms with Crippen LogP contribution in [0.2, 0.25) is 0 Å². The van der Waals surface area contributed by atoms with Crippen LogP contribution in [-0.2, 0) is 22.6 Å². The molecule has 2 aliphatic rings. The van der Waals surface area contributed by atoms with Gasteiger partial charge in [-0.05, 0) is 50.7 Å². The number of hydrogen-bond donors (Lipinski definition) is 0. The van der Waals surface area contributed by atoms with Crippen LogP contribution in [0.25, 0.3) is 0 Å². The molecule has 2 aliphatic heterocycles. The Balaban J connectivity index is 1.35. The summed E-state index contributed by atoms with van der Waals surface area (Å²) in [5.74, 6) is 0.497. The molecule has 4 rings (SSSR count). The predicted molar refractivity (Wildman–Crippen MR) is 119 cm³/mol. The van der Waals surface area contributed by atoms with Gasteiger partial charge in [0.1, 0.15) is 0 Å². The average Bonchev–Trinajstić information content (AvgIpc) is 3.02. The van der Waals surface area contributed by atoms with Crippen LogP contribution in [0.4, 0.5) is 0 Å². The quantitative estimate of drug-likeness (QED) is 0.740. The maximum atomic E-state index is 12.8. The number of carbonyl (C=O) groups excluding carboxylic acids is 2. The van der Waals surface area contributed by atoms with Gasteiger partial charge in [0.05, 0.1) is 0 Å². The standard InChI is InChI=1S/C26H32N2O2/c1-20-16-21(2)18-23(17-20)8-9-24(29)27-14-12-26(13-15-27)11-10-25(30)28(26)19-22-6-4-3-5-7-22/h3-7,16-18H,8-15,19H2,1-2H3. The molecule has 158 valence electrons. The molecule has 0 aliphatic carbocycles. The molecule has 0 unspecified atom stereocenters. The summed E-state index contributed by atoms with van der Waals surface area (Å²) in [5, 5.41) is 0. The van der Waals surface area contributed by atoms with Gasteiger partial charge in [0.25, 0.3) is 0 Å². The number of carbonyl (C=O) groups is 2. The lowest BCUT2D eigenvalue weighted by Gasteiger charge is -2.45. The van der Waals surface area contributed by atoms with Gasteiger partial charge in [-0.2, -0.15) is 0 Å². The first-order valence-corrected chi connectivity index (χ1v) is 11.1. The molecule has 0 saturated carbocycles. The van der Waals surface area contributed by atoms with Gasteiger partial charge in [-0.3, -0.25) is 9.59 Å². The number of hydrogen-bond acceptors (Lipinski definition) is 2. The zero-order valence-electron chi connectivity index (χ0n) is 18.2. The molecular weight excluding hydrogens is 372 g/mol. The summed E-state index contributed by atoms with van der Waals surface area (Å²) >= 11 is 0. The Morgan fingerprint density at radius 2 is 1.60 bits per heavy atom. The van der Waals surface area contributed by atoms with E-state index in [0.29, 0.717) is 19.4 Å². The lowest BCUT2D eigenvalue weighted by Crippen LogP contribution is -2.53. The van der Waals surface area contributed by atoms with Crippen LogP contribution in [0.5, 0.6) is 0 Å². The second kappa shape index (κ2) is 8.63. The van der Waals surface area contributed by atoms with Crippen molar-refractivity contribution in [3.05, 3.63) is 70.8 Å². The largest absolute Gasteiger partial charge is 0.343 e. The van der Waals surface area contributed by atoms with Gasteiger partial charge in [-0.1, -0.05) is 59.7 Å². The molecule has 2 aromatic rings. The van der Waals surface area contributed by atoms with E-state index in [1.165, 1.54) is 22.3 Å². The summed E-state index contributed by atoms with van der Waals surface area (Å²) in [5.41, 5.74) is 4.85. The fourth-order valence-electron chi connectivity index (χ4n) is 5.21. The summed E-state index contributed by atoms with van der Waals surface area (Å²) < 4.78 is 0. The van der Waals surface area contributed by atoms with Gasteiger partial charge in [0, 0.05) is 38.0 Å². The number of likely N-dealkylation sites (tertiary alicyclic amines) is 2. The Morgan fingerprint density at radius 3 is 2.27 bits per heavy atom. The number of benzene rings is 2. The molecule has 0 aromatic heterocycles. The molecule has 0 bridgehead atoms. The SMILES string of the molecule is Cc1cc(C)cc(CCC(=O)N2CCC3(CCC(=O)N3Cc3ccccc3)CC2)c1. The van der Waals surface area contributed by atoms with Crippen molar-refractivity contribution in [2.45, 2.75) is 64.5 Å². The zero-order chi connectivity index (χ0) is 21.1. The minimum absolute atomic E-state index is 0.0721. The fourth-order valence-corrected chi connectivity index (χ4v) is 5.21. The summed E-state index contributed by atoms with van der Waals surface area (Å²) in [6.07, 6.45) is 4.68. The second-order valence-corrected chi connectivity index (χ2v) is 9.07. The highest BCUT2D eigenvalue weighted by atomic mass is 16.2. The van der Waals surface area contributed by atoms with Crippen LogP contribution in [-0.4, -0.2) is 40.2 Å². The highest BCUT2D eigenvalue weighted by molar-refractivity contribution is 5.80. The molecule has 2 fully saturated rings. The molecule has 0 radical (unpaired) electrons. The lowest BCUT2D eigenvalue weighted by atomic mass is 9.84. The molecule has 2 heterocycles. The van der Waals surface area contributed by atoms with E-state index >= 15 is 0 Å². The van der Waals surface area contributed by atoms with Gasteiger partial charge in [-0.15, -0.1) is 0 Å². The third-order valence-corrected chi connectivity index (χ3v) is 6.82. The number of aryl methyl sites for hydroxylation is 3. The van der Waals surface area contributed by atoms with Gasteiger partial charge in [0.15, 0.2) is 0 Å². The molecular formula is C26H32N2O2. The average molecular weight is 405 g/mol. The van der Waals surface area contributed by atoms with Crippen LogP contribution < -0.4 is 0 Å². The fraction of sp³-hybridized carbons (Fsp3) is 0.462. The molecule has 4 heteroatoms. The van der Waals surface area contributed by atoms with Crippen molar-refractivity contribution in [2.75, 3.05) is 13.1 Å². The molecule has 2 amide bonds. The molecule has 0 atom stereocenters. The summed E-state index contributed by atoms with van der Waals surface area (Å²) in [6, 6.07) is 16.8. The Labute approximate surface area is 179 Å². The Hall–Kier alpha value is -2.62. The van der Waals surface area contributed by atoms with Crippen molar-refractivity contribution in [2.24, 2.45) is 0 Å². The molecule has 0 N–H and O–H groups in total. The van der Waals surface area contributed by atoms with E-state index in [0.717, 1.165) is 38.8 Å². The van der Waals surface area contributed by atoms with E-state index in [1.807, 2.05) is 23.1 Å². The first kappa shape index (κ1) is 20.6. The third kappa shape index (κ3) is 4.43. The highest BCUT2D eigenvalue weighted by Crippen LogP contribution is 2.40. The maximum absolute atomic E-state index is 12.8. The van der Waals surface area contributed by atoms with Crippen molar-refractivity contribution >= 4 is 11.8 Å². The third-order valence-electron chi connectivity index (χ3n) is 6.82. The zero-order valence-corrected chi connectivity index (χ0v) is 18.2. The highest BCUT2D eigenvalue weighted by Gasteiger charge is 2.47. The molecule has 2 saturated heterocycles. The molecule has 1 spiro atoms. The molecule has 2 aromatic carbocycles. The molecule has 30 heavy (non-hydrogen) atoms. The minimum atomic E-state index is -0.0721. The van der Waals surface area contributed by atoms with Gasteiger partial charge >= 0.3 is 0 Å². The smallest absolute Gasteiger partial charge is 0.223 e. The van der Waals surface area contributed by atoms with Crippen LogP contribution in [0, 0.1) is 13.8 Å². The van der Waals surface area contributed by atoms with Crippen LogP contribution >= 0.6 is 0 Å². The monoisotopic (exact) mass is 404 g/mol. The lowest BCUT2D eigenvalue weighted by molar-refractivity contribution is -0.137. The van der Waals surface area contributed by atoms with E-state index in [2.05, 4.69) is 49.1 Å². The maximum Gasteiger partial charge on any atom is 0.223 e. The van der Waals surface area contributed by atoms with Crippen molar-refractivity contribution in [3.63, 3.8) is 0 Å². The van der Waals surface area contributed by atoms with Crippen molar-refractivity contribution in [1.82, 2.24) is 9.80 Å². The number of piperidine rings is 1. The Morgan fingerprint density at radius 1 is 0.933 bits per heavy atom. The van der Waals surface area contributed by atoms with E-state index in [4.69, 9.17) is 0 Å². The van der Waals surface area contributed by atoms with Gasteiger partial charge in [-0.25, -0.2) is 0 Å². The minimum Gasteiger partial charge on any atom is -0.343 e. The van der Waals surface area contributed by atoms with E-state index < -0.39 is 0 Å². The van der Waals surface area contributed by atoms with E-state index in [1.54, 1.807) is 0 Å². The first-order chi connectivity index (χ1) is 14.4. The first-order valence-electron chi connectivity index (χ1n) is 11.1. The van der Waals surface area contributed by atoms with Gasteiger partial charge < -0.3 is 9.80 Å². The Kier molecular flexibility index (Phi) is 5.94. The number of nitrogens with zero attached hydrogens (tertiary/aromatic N) is 2.